The van der Waals surface area contributed by atoms with E-state index in [1.807, 2.05) is 30.9 Å². The van der Waals surface area contributed by atoms with Gasteiger partial charge >= 0.3 is 0 Å². The minimum atomic E-state index is 0.284. The molecular formula is C14H16BrN3O2. The van der Waals surface area contributed by atoms with Crippen LogP contribution >= 0.6 is 15.9 Å². The van der Waals surface area contributed by atoms with Crippen molar-refractivity contribution >= 4 is 15.9 Å². The molecule has 0 spiro atoms. The van der Waals surface area contributed by atoms with Crippen molar-refractivity contribution in [3.8, 4) is 22.8 Å². The molecule has 1 N–H and O–H groups in total. The Morgan fingerprint density at radius 1 is 1.35 bits per heavy atom. The van der Waals surface area contributed by atoms with Crippen molar-refractivity contribution < 1.29 is 9.47 Å². The Morgan fingerprint density at radius 2 is 2.05 bits per heavy atom. The number of rotatable bonds is 3. The van der Waals surface area contributed by atoms with E-state index >= 15 is 0 Å². The average molecular weight is 338 g/mol. The number of ether oxygens (including phenoxy) is 2. The lowest BCUT2D eigenvalue weighted by Crippen LogP contribution is -2.10. The molecule has 0 saturated heterocycles. The summed E-state index contributed by atoms with van der Waals surface area (Å²) in [5.41, 5.74) is 4.20. The molecule has 6 heteroatoms. The highest BCUT2D eigenvalue weighted by Gasteiger charge is 2.21. The fraction of sp³-hybridized carbons (Fsp3) is 0.357. The van der Waals surface area contributed by atoms with Crippen LogP contribution < -0.4 is 14.8 Å². The summed E-state index contributed by atoms with van der Waals surface area (Å²) in [7, 11) is 3.87. The highest BCUT2D eigenvalue weighted by Crippen LogP contribution is 2.40. The van der Waals surface area contributed by atoms with Crippen molar-refractivity contribution in [3.63, 3.8) is 0 Å². The summed E-state index contributed by atoms with van der Waals surface area (Å²) in [6, 6.07) is 3.99. The molecule has 5 nitrogen and oxygen atoms in total. The van der Waals surface area contributed by atoms with Crippen LogP contribution in [0.2, 0.25) is 0 Å². The van der Waals surface area contributed by atoms with Gasteiger partial charge in [-0.3, -0.25) is 4.68 Å². The van der Waals surface area contributed by atoms with Crippen molar-refractivity contribution in [1.29, 1.82) is 0 Å². The summed E-state index contributed by atoms with van der Waals surface area (Å²) in [6.45, 7) is 3.09. The molecule has 0 bridgehead atoms. The standard InChI is InChI=1S/C14H16BrN3O2/c1-8-4-11-12(20-7-19-11)5-9(8)14-13(15)10(6-16-2)18(3)17-14/h4-5,16H,6-7H2,1-3H3. The molecule has 0 amide bonds. The van der Waals surface area contributed by atoms with Crippen LogP contribution in [0.15, 0.2) is 16.6 Å². The molecule has 2 heterocycles. The number of benzene rings is 1. The first kappa shape index (κ1) is 13.5. The summed E-state index contributed by atoms with van der Waals surface area (Å²) < 4.78 is 13.8. The third-order valence-corrected chi connectivity index (χ3v) is 4.25. The Labute approximate surface area is 126 Å². The molecule has 0 saturated carbocycles. The van der Waals surface area contributed by atoms with Gasteiger partial charge in [-0.2, -0.15) is 5.10 Å². The van der Waals surface area contributed by atoms with Gasteiger partial charge in [-0.15, -0.1) is 0 Å². The van der Waals surface area contributed by atoms with Crippen molar-refractivity contribution in [1.82, 2.24) is 15.1 Å². The van der Waals surface area contributed by atoms with Crippen molar-refractivity contribution in [2.45, 2.75) is 13.5 Å². The Balaban J connectivity index is 2.12. The maximum absolute atomic E-state index is 5.46. The van der Waals surface area contributed by atoms with Gasteiger partial charge in [0.1, 0.15) is 5.69 Å². The molecule has 1 aliphatic rings. The van der Waals surface area contributed by atoms with E-state index < -0.39 is 0 Å². The van der Waals surface area contributed by atoms with E-state index in [4.69, 9.17) is 9.47 Å². The Morgan fingerprint density at radius 3 is 2.75 bits per heavy atom. The molecule has 0 atom stereocenters. The summed E-state index contributed by atoms with van der Waals surface area (Å²) in [5.74, 6) is 1.58. The van der Waals surface area contributed by atoms with Gasteiger partial charge < -0.3 is 14.8 Å². The van der Waals surface area contributed by atoms with Crippen LogP contribution in [0.3, 0.4) is 0 Å². The number of fused-ring (bicyclic) bond motifs is 1. The van der Waals surface area contributed by atoms with Crippen molar-refractivity contribution in [2.75, 3.05) is 13.8 Å². The molecule has 2 aromatic rings. The SMILES string of the molecule is CNCc1c(Br)c(-c2cc3c(cc2C)OCO3)nn1C. The molecule has 20 heavy (non-hydrogen) atoms. The third kappa shape index (κ3) is 2.09. The lowest BCUT2D eigenvalue weighted by molar-refractivity contribution is 0.174. The number of hydrogen-bond donors (Lipinski definition) is 1. The molecular weight excluding hydrogens is 322 g/mol. The number of halogens is 1. The van der Waals surface area contributed by atoms with E-state index in [1.165, 1.54) is 0 Å². The minimum absolute atomic E-state index is 0.284. The summed E-state index contributed by atoms with van der Waals surface area (Å²) in [4.78, 5) is 0. The monoisotopic (exact) mass is 337 g/mol. The maximum atomic E-state index is 5.46. The Bertz CT molecular complexity index is 667. The van der Waals surface area contributed by atoms with E-state index in [2.05, 4.69) is 33.3 Å². The highest BCUT2D eigenvalue weighted by molar-refractivity contribution is 9.10. The van der Waals surface area contributed by atoms with E-state index in [9.17, 15) is 0 Å². The molecule has 1 aromatic carbocycles. The largest absolute Gasteiger partial charge is 0.454 e. The lowest BCUT2D eigenvalue weighted by atomic mass is 10.0. The highest BCUT2D eigenvalue weighted by atomic mass is 79.9. The number of aromatic nitrogens is 2. The third-order valence-electron chi connectivity index (χ3n) is 3.42. The van der Waals surface area contributed by atoms with Gasteiger partial charge in [-0.25, -0.2) is 0 Å². The van der Waals surface area contributed by atoms with Crippen LogP contribution in [0.25, 0.3) is 11.3 Å². The number of nitrogens with one attached hydrogen (secondary N) is 1. The minimum Gasteiger partial charge on any atom is -0.454 e. The smallest absolute Gasteiger partial charge is 0.231 e. The van der Waals surface area contributed by atoms with Gasteiger partial charge in [0.15, 0.2) is 11.5 Å². The molecule has 3 rings (SSSR count). The van der Waals surface area contributed by atoms with E-state index in [0.29, 0.717) is 0 Å². The second-order valence-electron chi connectivity index (χ2n) is 4.78. The maximum Gasteiger partial charge on any atom is 0.231 e. The number of nitrogens with zero attached hydrogens (tertiary/aromatic N) is 2. The zero-order valence-corrected chi connectivity index (χ0v) is 13.2. The number of hydrogen-bond acceptors (Lipinski definition) is 4. The van der Waals surface area contributed by atoms with Gasteiger partial charge in [-0.05, 0) is 47.6 Å². The molecule has 0 radical (unpaired) electrons. The zero-order valence-electron chi connectivity index (χ0n) is 11.7. The number of aryl methyl sites for hydroxylation is 2. The first-order valence-corrected chi connectivity index (χ1v) is 7.17. The quantitative estimate of drug-likeness (QED) is 0.935. The Kier molecular flexibility index (Phi) is 3.43. The van der Waals surface area contributed by atoms with E-state index in [0.717, 1.165) is 45.0 Å². The van der Waals surface area contributed by atoms with E-state index in [-0.39, 0.29) is 6.79 Å². The van der Waals surface area contributed by atoms with Crippen LogP contribution in [0.5, 0.6) is 11.5 Å². The second-order valence-corrected chi connectivity index (χ2v) is 5.58. The van der Waals surface area contributed by atoms with Gasteiger partial charge in [0.2, 0.25) is 6.79 Å². The molecule has 1 aromatic heterocycles. The van der Waals surface area contributed by atoms with Crippen LogP contribution in [0.1, 0.15) is 11.3 Å². The average Bonchev–Trinajstić information content (AvgIpc) is 2.97. The van der Waals surface area contributed by atoms with Crippen LogP contribution in [-0.4, -0.2) is 23.6 Å². The normalized spacial score (nSPS) is 13.0. The topological polar surface area (TPSA) is 48.3 Å². The van der Waals surface area contributed by atoms with Gasteiger partial charge in [0, 0.05) is 19.2 Å². The Hall–Kier alpha value is -1.53. The molecule has 0 fully saturated rings. The van der Waals surface area contributed by atoms with Crippen molar-refractivity contribution in [2.24, 2.45) is 7.05 Å². The summed E-state index contributed by atoms with van der Waals surface area (Å²) in [5, 5.41) is 7.77. The summed E-state index contributed by atoms with van der Waals surface area (Å²) >= 11 is 3.66. The zero-order chi connectivity index (χ0) is 14.3. The van der Waals surface area contributed by atoms with Crippen LogP contribution in [-0.2, 0) is 13.6 Å². The first-order valence-electron chi connectivity index (χ1n) is 6.38. The molecule has 0 aliphatic carbocycles. The fourth-order valence-electron chi connectivity index (χ4n) is 2.36. The summed E-state index contributed by atoms with van der Waals surface area (Å²) in [6.07, 6.45) is 0. The molecule has 1 aliphatic heterocycles. The van der Waals surface area contributed by atoms with Gasteiger partial charge in [0.25, 0.3) is 0 Å². The second kappa shape index (κ2) is 5.10. The van der Waals surface area contributed by atoms with Crippen LogP contribution in [0, 0.1) is 6.92 Å². The fourth-order valence-corrected chi connectivity index (χ4v) is 3.05. The molecule has 106 valence electrons. The van der Waals surface area contributed by atoms with Crippen LogP contribution in [0.4, 0.5) is 0 Å². The van der Waals surface area contributed by atoms with Gasteiger partial charge in [-0.1, -0.05) is 0 Å². The lowest BCUT2D eigenvalue weighted by Gasteiger charge is -2.05. The van der Waals surface area contributed by atoms with E-state index in [1.54, 1.807) is 0 Å². The predicted molar refractivity (Wildman–Crippen MR) is 80.0 cm³/mol. The molecule has 0 unspecified atom stereocenters. The predicted octanol–water partition coefficient (Wildman–Crippen LogP) is 2.61. The first-order chi connectivity index (χ1) is 9.61. The van der Waals surface area contributed by atoms with Gasteiger partial charge in [0.05, 0.1) is 10.2 Å². The van der Waals surface area contributed by atoms with Crippen molar-refractivity contribution in [3.05, 3.63) is 27.9 Å².